The van der Waals surface area contributed by atoms with Crippen LogP contribution >= 0.6 is 0 Å². The van der Waals surface area contributed by atoms with Gasteiger partial charge in [0.05, 0.1) is 11.6 Å². The molecule has 0 aliphatic heterocycles. The van der Waals surface area contributed by atoms with Crippen LogP contribution in [0.1, 0.15) is 59.8 Å². The van der Waals surface area contributed by atoms with Crippen LogP contribution in [0.3, 0.4) is 0 Å². The summed E-state index contributed by atoms with van der Waals surface area (Å²) in [5.74, 6) is -0.0276. The van der Waals surface area contributed by atoms with E-state index >= 15 is 0 Å². The highest BCUT2D eigenvalue weighted by atomic mass is 16.5. The average molecular weight is 270 g/mol. The Morgan fingerprint density at radius 2 is 2.00 bits per heavy atom. The summed E-state index contributed by atoms with van der Waals surface area (Å²) in [6.45, 7) is 8.20. The molecule has 19 heavy (non-hydrogen) atoms. The van der Waals surface area contributed by atoms with Crippen LogP contribution in [-0.4, -0.2) is 30.7 Å². The van der Waals surface area contributed by atoms with E-state index in [4.69, 9.17) is 10.5 Å². The van der Waals surface area contributed by atoms with E-state index in [0.717, 1.165) is 25.7 Å². The van der Waals surface area contributed by atoms with Gasteiger partial charge in [-0.2, -0.15) is 0 Å². The molecule has 3 unspecified atom stereocenters. The Morgan fingerprint density at radius 3 is 2.42 bits per heavy atom. The van der Waals surface area contributed by atoms with Crippen molar-refractivity contribution in [2.24, 2.45) is 11.1 Å². The van der Waals surface area contributed by atoms with Gasteiger partial charge in [-0.1, -0.05) is 27.2 Å². The topological polar surface area (TPSA) is 64.4 Å². The smallest absolute Gasteiger partial charge is 0.240 e. The van der Waals surface area contributed by atoms with Crippen molar-refractivity contribution in [1.82, 2.24) is 5.32 Å². The Balaban J connectivity index is 2.70. The van der Waals surface area contributed by atoms with Gasteiger partial charge in [0, 0.05) is 18.6 Å². The summed E-state index contributed by atoms with van der Waals surface area (Å²) in [5, 5.41) is 3.15. The molecule has 0 bridgehead atoms. The standard InChI is InChI=1S/C15H30N2O2/c1-6-9-14(4,16)13(18)17-11-10-12(19-5)15(11,7-2)8-3/h11-12H,6-10,16H2,1-5H3,(H,17,18). The highest BCUT2D eigenvalue weighted by molar-refractivity contribution is 5.86. The molecule has 1 fully saturated rings. The fourth-order valence-electron chi connectivity index (χ4n) is 3.44. The third kappa shape index (κ3) is 2.95. The van der Waals surface area contributed by atoms with Gasteiger partial charge >= 0.3 is 0 Å². The summed E-state index contributed by atoms with van der Waals surface area (Å²) in [7, 11) is 1.76. The number of hydrogen-bond acceptors (Lipinski definition) is 3. The lowest BCUT2D eigenvalue weighted by molar-refractivity contribution is -0.144. The number of nitrogens with two attached hydrogens (primary N) is 1. The lowest BCUT2D eigenvalue weighted by atomic mass is 9.58. The second-order valence-electron chi connectivity index (χ2n) is 6.09. The summed E-state index contributed by atoms with van der Waals surface area (Å²) >= 11 is 0. The number of carbonyl (C=O) groups is 1. The minimum atomic E-state index is -0.764. The number of ether oxygens (including phenoxy) is 1. The maximum Gasteiger partial charge on any atom is 0.240 e. The van der Waals surface area contributed by atoms with E-state index in [0.29, 0.717) is 6.42 Å². The maximum absolute atomic E-state index is 12.3. The minimum Gasteiger partial charge on any atom is -0.381 e. The molecule has 0 heterocycles. The first-order valence-corrected chi connectivity index (χ1v) is 7.50. The predicted molar refractivity (Wildman–Crippen MR) is 77.9 cm³/mol. The van der Waals surface area contributed by atoms with Crippen LogP contribution in [-0.2, 0) is 9.53 Å². The van der Waals surface area contributed by atoms with Crippen LogP contribution in [0.2, 0.25) is 0 Å². The lowest BCUT2D eigenvalue weighted by Gasteiger charge is -2.55. The molecule has 3 N–H and O–H groups in total. The zero-order valence-corrected chi connectivity index (χ0v) is 13.1. The van der Waals surface area contributed by atoms with Gasteiger partial charge in [-0.25, -0.2) is 0 Å². The Hall–Kier alpha value is -0.610. The summed E-state index contributed by atoms with van der Waals surface area (Å²) in [6, 6.07) is 0.194. The molecule has 0 radical (unpaired) electrons. The Kier molecular flexibility index (Phi) is 5.39. The number of amides is 1. The third-order valence-corrected chi connectivity index (χ3v) is 4.98. The molecule has 3 atom stereocenters. The van der Waals surface area contributed by atoms with E-state index in [2.05, 4.69) is 19.2 Å². The first kappa shape index (κ1) is 16.4. The molecule has 0 aromatic heterocycles. The number of hydrogen-bond donors (Lipinski definition) is 2. The Bertz CT molecular complexity index is 311. The van der Waals surface area contributed by atoms with Crippen LogP contribution in [0.15, 0.2) is 0 Å². The van der Waals surface area contributed by atoms with Crippen LogP contribution in [0.4, 0.5) is 0 Å². The molecule has 112 valence electrons. The second kappa shape index (κ2) is 6.23. The quantitative estimate of drug-likeness (QED) is 0.745. The summed E-state index contributed by atoms with van der Waals surface area (Å²) < 4.78 is 5.55. The molecule has 1 aliphatic carbocycles. The molecule has 0 aromatic rings. The normalized spacial score (nSPS) is 28.3. The molecule has 1 aliphatic rings. The molecule has 1 rings (SSSR count). The van der Waals surface area contributed by atoms with Gasteiger partial charge in [0.2, 0.25) is 5.91 Å². The first-order chi connectivity index (χ1) is 8.87. The molecular weight excluding hydrogens is 240 g/mol. The molecule has 0 spiro atoms. The predicted octanol–water partition coefficient (Wildman–Crippen LogP) is 2.21. The number of carbonyl (C=O) groups excluding carboxylic acids is 1. The minimum absolute atomic E-state index is 0.0276. The first-order valence-electron chi connectivity index (χ1n) is 7.50. The zero-order valence-electron chi connectivity index (χ0n) is 13.1. The van der Waals surface area contributed by atoms with Crippen LogP contribution in [0, 0.1) is 5.41 Å². The van der Waals surface area contributed by atoms with Gasteiger partial charge in [-0.15, -0.1) is 0 Å². The molecule has 4 heteroatoms. The van der Waals surface area contributed by atoms with Gasteiger partial charge in [-0.3, -0.25) is 4.79 Å². The summed E-state index contributed by atoms with van der Waals surface area (Å²) in [4.78, 5) is 12.3. The SMILES string of the molecule is CCCC(C)(N)C(=O)NC1CC(OC)C1(CC)CC. The van der Waals surface area contributed by atoms with Gasteiger partial charge in [0.25, 0.3) is 0 Å². The maximum atomic E-state index is 12.3. The van der Waals surface area contributed by atoms with E-state index in [1.165, 1.54) is 0 Å². The number of nitrogens with one attached hydrogen (secondary N) is 1. The Labute approximate surface area is 117 Å². The van der Waals surface area contributed by atoms with E-state index < -0.39 is 5.54 Å². The van der Waals surface area contributed by atoms with E-state index in [9.17, 15) is 4.79 Å². The molecule has 1 amide bonds. The van der Waals surface area contributed by atoms with Crippen molar-refractivity contribution in [3.8, 4) is 0 Å². The van der Waals surface area contributed by atoms with E-state index in [1.807, 2.05) is 13.8 Å². The second-order valence-corrected chi connectivity index (χ2v) is 6.09. The highest BCUT2D eigenvalue weighted by Crippen LogP contribution is 2.48. The molecular formula is C15H30N2O2. The van der Waals surface area contributed by atoms with Crippen molar-refractivity contribution in [2.75, 3.05) is 7.11 Å². The van der Waals surface area contributed by atoms with Crippen LogP contribution in [0.5, 0.6) is 0 Å². The third-order valence-electron chi connectivity index (χ3n) is 4.98. The van der Waals surface area contributed by atoms with Crippen molar-refractivity contribution >= 4 is 5.91 Å². The number of rotatable bonds is 7. The molecule has 0 saturated heterocycles. The van der Waals surface area contributed by atoms with Crippen molar-refractivity contribution in [2.45, 2.75) is 77.5 Å². The largest absolute Gasteiger partial charge is 0.381 e. The van der Waals surface area contributed by atoms with Gasteiger partial charge in [0.15, 0.2) is 0 Å². The summed E-state index contributed by atoms with van der Waals surface area (Å²) in [6.07, 6.45) is 4.81. The van der Waals surface area contributed by atoms with Crippen LogP contribution < -0.4 is 11.1 Å². The average Bonchev–Trinajstić information content (AvgIpc) is 2.35. The van der Waals surface area contributed by atoms with Crippen molar-refractivity contribution in [3.63, 3.8) is 0 Å². The fraction of sp³-hybridized carbons (Fsp3) is 0.933. The van der Waals surface area contributed by atoms with Crippen molar-refractivity contribution in [1.29, 1.82) is 0 Å². The fourth-order valence-corrected chi connectivity index (χ4v) is 3.44. The van der Waals surface area contributed by atoms with E-state index in [-0.39, 0.29) is 23.5 Å². The molecule has 0 aromatic carbocycles. The highest BCUT2D eigenvalue weighted by Gasteiger charge is 2.54. The van der Waals surface area contributed by atoms with Gasteiger partial charge in [0.1, 0.15) is 0 Å². The lowest BCUT2D eigenvalue weighted by Crippen LogP contribution is -2.67. The van der Waals surface area contributed by atoms with Gasteiger partial charge < -0.3 is 15.8 Å². The summed E-state index contributed by atoms with van der Waals surface area (Å²) in [5.41, 5.74) is 5.41. The van der Waals surface area contributed by atoms with Crippen molar-refractivity contribution < 1.29 is 9.53 Å². The van der Waals surface area contributed by atoms with Crippen LogP contribution in [0.25, 0.3) is 0 Å². The molecule has 1 saturated carbocycles. The van der Waals surface area contributed by atoms with Gasteiger partial charge in [-0.05, 0) is 32.6 Å². The Morgan fingerprint density at radius 1 is 1.42 bits per heavy atom. The zero-order chi connectivity index (χ0) is 14.7. The monoisotopic (exact) mass is 270 g/mol. The van der Waals surface area contributed by atoms with E-state index in [1.54, 1.807) is 7.11 Å². The molecule has 4 nitrogen and oxygen atoms in total. The number of methoxy groups -OCH3 is 1. The van der Waals surface area contributed by atoms with Crippen molar-refractivity contribution in [3.05, 3.63) is 0 Å².